The average Bonchev–Trinajstić information content (AvgIpc) is 4.14. The molecular weight excluding hydrogens is 871 g/mol. The number of aromatic nitrogens is 1. The Morgan fingerprint density at radius 2 is 1.26 bits per heavy atom. The molecule has 0 saturated carbocycles. The molecular formula is C57H93N3O3S3. The van der Waals surface area contributed by atoms with Crippen LogP contribution in [0.2, 0.25) is 0 Å². The van der Waals surface area contributed by atoms with E-state index in [2.05, 4.69) is 81.5 Å². The molecule has 4 unspecified atom stereocenters. The van der Waals surface area contributed by atoms with Crippen LogP contribution in [0.5, 0.6) is 5.88 Å². The van der Waals surface area contributed by atoms with E-state index in [1.807, 2.05) is 17.8 Å². The highest BCUT2D eigenvalue weighted by atomic mass is 32.2. The van der Waals surface area contributed by atoms with E-state index in [1.165, 1.54) is 146 Å². The van der Waals surface area contributed by atoms with Gasteiger partial charge in [-0.25, -0.2) is 4.99 Å². The molecule has 0 fully saturated rings. The van der Waals surface area contributed by atoms with Crippen molar-refractivity contribution in [1.82, 2.24) is 9.47 Å². The first kappa shape index (κ1) is 56.2. The summed E-state index contributed by atoms with van der Waals surface area (Å²) in [7, 11) is 0. The predicted molar refractivity (Wildman–Crippen MR) is 290 cm³/mol. The van der Waals surface area contributed by atoms with Gasteiger partial charge in [0.15, 0.2) is 0 Å². The van der Waals surface area contributed by atoms with Gasteiger partial charge in [-0.3, -0.25) is 9.59 Å². The minimum atomic E-state index is -0.248. The average molecular weight is 965 g/mol. The number of rotatable bonds is 39. The summed E-state index contributed by atoms with van der Waals surface area (Å²) in [4.78, 5) is 38.3. The van der Waals surface area contributed by atoms with Gasteiger partial charge in [-0.05, 0) is 86.1 Å². The number of thioether (sulfide) groups is 1. The lowest BCUT2D eigenvalue weighted by molar-refractivity contribution is -0.132. The Hall–Kier alpha value is -2.36. The number of hydrogen-bond acceptors (Lipinski definition) is 6. The van der Waals surface area contributed by atoms with Crippen LogP contribution in [0.15, 0.2) is 34.6 Å². The van der Waals surface area contributed by atoms with Crippen molar-refractivity contribution in [2.24, 2.45) is 22.7 Å². The number of fused-ring (bicyclic) bond motifs is 1. The summed E-state index contributed by atoms with van der Waals surface area (Å²) in [5.41, 5.74) is 2.62. The van der Waals surface area contributed by atoms with E-state index in [4.69, 9.17) is 4.99 Å². The quantitative estimate of drug-likeness (QED) is 0.0578. The Morgan fingerprint density at radius 1 is 0.697 bits per heavy atom. The van der Waals surface area contributed by atoms with Crippen molar-refractivity contribution in [3.8, 4) is 16.5 Å². The lowest BCUT2D eigenvalue weighted by Gasteiger charge is -2.29. The first-order valence-corrected chi connectivity index (χ1v) is 30.1. The fourth-order valence-corrected chi connectivity index (χ4v) is 13.4. The summed E-state index contributed by atoms with van der Waals surface area (Å²) in [6.45, 7) is 18.1. The summed E-state index contributed by atoms with van der Waals surface area (Å²) in [6, 6.07) is 8.46. The van der Waals surface area contributed by atoms with Crippen LogP contribution in [0.25, 0.3) is 10.6 Å². The van der Waals surface area contributed by atoms with Crippen molar-refractivity contribution >= 4 is 52.0 Å². The molecule has 372 valence electrons. The minimum absolute atomic E-state index is 0.189. The van der Waals surface area contributed by atoms with Crippen LogP contribution >= 0.6 is 34.4 Å². The maximum Gasteiger partial charge on any atom is 0.280 e. The number of aromatic hydroxyl groups is 1. The second kappa shape index (κ2) is 32.5. The number of thiophene rings is 2. The molecule has 4 atom stereocenters. The topological polar surface area (TPSA) is 74.9 Å². The van der Waals surface area contributed by atoms with E-state index >= 15 is 0 Å². The highest BCUT2D eigenvalue weighted by Gasteiger charge is 2.38. The second-order valence-electron chi connectivity index (χ2n) is 19.6. The van der Waals surface area contributed by atoms with Crippen molar-refractivity contribution in [1.29, 1.82) is 0 Å². The maximum atomic E-state index is 14.1. The molecule has 3 aromatic heterocycles. The van der Waals surface area contributed by atoms with Gasteiger partial charge in [0.2, 0.25) is 11.8 Å². The van der Waals surface area contributed by atoms with Gasteiger partial charge in [0, 0.05) is 36.2 Å². The molecule has 1 aliphatic heterocycles. The Kier molecular flexibility index (Phi) is 27.6. The number of carbonyl (C=O) groups is 2. The van der Waals surface area contributed by atoms with Crippen LogP contribution in [0.1, 0.15) is 253 Å². The summed E-state index contributed by atoms with van der Waals surface area (Å²) in [5.74, 6) is 2.56. The van der Waals surface area contributed by atoms with E-state index in [9.17, 15) is 14.7 Å². The number of nitrogens with zero attached hydrogens (tertiary/aromatic N) is 3. The molecule has 0 spiro atoms. The highest BCUT2D eigenvalue weighted by molar-refractivity contribution is 7.99. The number of aliphatic imine (C=N–C) groups is 1. The molecule has 0 aromatic carbocycles. The molecule has 66 heavy (non-hydrogen) atoms. The van der Waals surface area contributed by atoms with Crippen LogP contribution < -0.4 is 0 Å². The van der Waals surface area contributed by atoms with Crippen LogP contribution in [0.3, 0.4) is 0 Å². The van der Waals surface area contributed by atoms with Gasteiger partial charge in [-0.2, -0.15) is 11.8 Å². The molecule has 0 radical (unpaired) electrons. The van der Waals surface area contributed by atoms with Gasteiger partial charge in [-0.15, -0.1) is 22.7 Å². The molecule has 1 aliphatic rings. The zero-order valence-electron chi connectivity index (χ0n) is 42.9. The Bertz CT molecular complexity index is 1810. The zero-order chi connectivity index (χ0) is 47.5. The van der Waals surface area contributed by atoms with Crippen molar-refractivity contribution in [3.63, 3.8) is 0 Å². The highest BCUT2D eigenvalue weighted by Crippen LogP contribution is 2.46. The second-order valence-corrected chi connectivity index (χ2v) is 23.2. The van der Waals surface area contributed by atoms with Gasteiger partial charge in [-0.1, -0.05) is 182 Å². The fraction of sp³-hybridized carbons (Fsp3) is 0.737. The summed E-state index contributed by atoms with van der Waals surface area (Å²) in [6.07, 6.45) is 32.9. The number of carbonyl (C=O) groups excluding carboxylic acids is 2. The SMILES string of the molecule is CCCCCCCCC(CCCCCC)CN(CC)C(=O)CC(CC)CC(SCC)c1ccc(C2=NC(=O)c3c2c(O)n(CC(CCCCCC)CCCCCCCC)c3-c2cccs2)s1. The van der Waals surface area contributed by atoms with Crippen molar-refractivity contribution in [2.45, 2.75) is 234 Å². The third-order valence-electron chi connectivity index (χ3n) is 14.3. The molecule has 3 aromatic rings. The first-order chi connectivity index (χ1) is 32.2. The van der Waals surface area contributed by atoms with E-state index < -0.39 is 0 Å². The van der Waals surface area contributed by atoms with Gasteiger partial charge in [0.05, 0.1) is 32.3 Å². The van der Waals surface area contributed by atoms with Crippen LogP contribution in [0, 0.1) is 17.8 Å². The van der Waals surface area contributed by atoms with Gasteiger partial charge in [0.25, 0.3) is 5.91 Å². The van der Waals surface area contributed by atoms with E-state index in [1.54, 1.807) is 22.7 Å². The summed E-state index contributed by atoms with van der Waals surface area (Å²) < 4.78 is 2.08. The Labute approximate surface area is 416 Å². The molecule has 4 rings (SSSR count). The van der Waals surface area contributed by atoms with E-state index in [0.29, 0.717) is 47.5 Å². The first-order valence-electron chi connectivity index (χ1n) is 27.4. The zero-order valence-corrected chi connectivity index (χ0v) is 45.4. The maximum absolute atomic E-state index is 14.1. The van der Waals surface area contributed by atoms with Crippen molar-refractivity contribution < 1.29 is 14.7 Å². The lowest BCUT2D eigenvalue weighted by atomic mass is 9.92. The third kappa shape index (κ3) is 17.9. The monoisotopic (exact) mass is 964 g/mol. The molecule has 1 N–H and O–H groups in total. The fourth-order valence-electron chi connectivity index (χ4n) is 10.2. The summed E-state index contributed by atoms with van der Waals surface area (Å²) in [5, 5.41) is 14.6. The Balaban J connectivity index is 1.52. The van der Waals surface area contributed by atoms with Crippen LogP contribution in [-0.4, -0.2) is 50.9 Å². The van der Waals surface area contributed by atoms with E-state index in [-0.39, 0.29) is 23.0 Å². The molecule has 0 aliphatic carbocycles. The minimum Gasteiger partial charge on any atom is -0.494 e. The standard InChI is InChI=1S/C57H93N3O3S3/c1-8-15-19-23-25-29-33-45(32-27-21-17-10-3)42-59(13-6)51(61)41-44(12-5)40-50(64-14-7)47-37-38-48(66-47)54-52-53(56(62)58-54)55(49-36-31-39-65-49)60(57(52)63)43-46(34-28-22-18-11-4)35-30-26-24-20-16-9-2/h31,36-39,44-46,50,63H,8-30,32-35,40-43H2,1-7H3. The third-order valence-corrected chi connectivity index (χ3v) is 17.7. The predicted octanol–water partition coefficient (Wildman–Crippen LogP) is 18.1. The van der Waals surface area contributed by atoms with Crippen molar-refractivity contribution in [2.75, 3.05) is 18.8 Å². The van der Waals surface area contributed by atoms with Gasteiger partial charge in [0.1, 0.15) is 0 Å². The smallest absolute Gasteiger partial charge is 0.280 e. The molecule has 6 nitrogen and oxygen atoms in total. The number of amides is 2. The molecule has 0 saturated heterocycles. The number of unbranched alkanes of at least 4 members (excludes halogenated alkanes) is 16. The molecule has 2 amide bonds. The van der Waals surface area contributed by atoms with Crippen LogP contribution in [-0.2, 0) is 11.3 Å². The molecule has 0 bridgehead atoms. The normalized spacial score (nSPS) is 14.4. The van der Waals surface area contributed by atoms with Gasteiger partial charge >= 0.3 is 0 Å². The molecule has 4 heterocycles. The summed E-state index contributed by atoms with van der Waals surface area (Å²) >= 11 is 5.30. The van der Waals surface area contributed by atoms with E-state index in [0.717, 1.165) is 60.0 Å². The van der Waals surface area contributed by atoms with Crippen LogP contribution in [0.4, 0.5) is 0 Å². The van der Waals surface area contributed by atoms with Crippen molar-refractivity contribution in [3.05, 3.63) is 50.5 Å². The lowest BCUT2D eigenvalue weighted by Crippen LogP contribution is -2.36. The van der Waals surface area contributed by atoms with Gasteiger partial charge < -0.3 is 14.6 Å². The largest absolute Gasteiger partial charge is 0.494 e. The number of hydrogen-bond donors (Lipinski definition) is 1. The molecule has 9 heteroatoms. The Morgan fingerprint density at radius 3 is 1.79 bits per heavy atom.